The first-order valence-corrected chi connectivity index (χ1v) is 10.4. The number of benzene rings is 1. The van der Waals surface area contributed by atoms with Crippen molar-refractivity contribution in [2.45, 2.75) is 44.6 Å². The van der Waals surface area contributed by atoms with Gasteiger partial charge in [0.2, 0.25) is 5.91 Å². The van der Waals surface area contributed by atoms with Crippen LogP contribution in [0.5, 0.6) is 0 Å². The molecule has 2 aromatic rings. The number of amides is 1. The summed E-state index contributed by atoms with van der Waals surface area (Å²) in [7, 11) is 0. The van der Waals surface area contributed by atoms with Gasteiger partial charge >= 0.3 is 11.8 Å². The second-order valence-corrected chi connectivity index (χ2v) is 7.67. The molecular formula is C21H24N4O9. The fourth-order valence-electron chi connectivity index (χ4n) is 3.55. The van der Waals surface area contributed by atoms with Crippen LogP contribution in [0, 0.1) is 10.1 Å². The number of ether oxygens (including phenoxy) is 3. The van der Waals surface area contributed by atoms with E-state index in [0.29, 0.717) is 5.56 Å². The molecule has 1 aliphatic heterocycles. The predicted octanol–water partition coefficient (Wildman–Crippen LogP) is 1.72. The number of aliphatic hydroxyl groups is 1. The van der Waals surface area contributed by atoms with E-state index in [1.165, 1.54) is 25.3 Å². The summed E-state index contributed by atoms with van der Waals surface area (Å²) in [6, 6.07) is 7.55. The molecule has 1 aliphatic rings. The lowest BCUT2D eigenvalue weighted by atomic mass is 10.0. The Labute approximate surface area is 193 Å². The third-order valence-corrected chi connectivity index (χ3v) is 5.17. The van der Waals surface area contributed by atoms with Gasteiger partial charge in [0, 0.05) is 37.1 Å². The van der Waals surface area contributed by atoms with E-state index >= 15 is 0 Å². The molecule has 34 heavy (non-hydrogen) atoms. The number of anilines is 1. The molecule has 1 fully saturated rings. The van der Waals surface area contributed by atoms with Crippen LogP contribution in [-0.2, 0) is 19.0 Å². The number of rotatable bonds is 8. The summed E-state index contributed by atoms with van der Waals surface area (Å²) in [6.45, 7) is 2.30. The number of hydrogen-bond acceptors (Lipinski definition) is 10. The zero-order valence-electron chi connectivity index (χ0n) is 18.4. The van der Waals surface area contributed by atoms with E-state index in [1.807, 2.05) is 0 Å². The van der Waals surface area contributed by atoms with Crippen molar-refractivity contribution >= 4 is 23.6 Å². The molecule has 0 spiro atoms. The van der Waals surface area contributed by atoms with E-state index in [-0.39, 0.29) is 30.4 Å². The summed E-state index contributed by atoms with van der Waals surface area (Å²) < 4.78 is 17.2. The maximum atomic E-state index is 12.3. The van der Waals surface area contributed by atoms with Crippen LogP contribution >= 0.6 is 0 Å². The van der Waals surface area contributed by atoms with Gasteiger partial charge in [-0.05, 0) is 6.07 Å². The zero-order valence-corrected chi connectivity index (χ0v) is 18.4. The molecule has 182 valence electrons. The van der Waals surface area contributed by atoms with Crippen LogP contribution in [-0.4, -0.2) is 57.1 Å². The van der Waals surface area contributed by atoms with Gasteiger partial charge in [-0.15, -0.1) is 0 Å². The number of carbonyl (C=O) groups is 2. The number of nitrogens with zero attached hydrogens (tertiary/aromatic N) is 3. The predicted molar refractivity (Wildman–Crippen MR) is 116 cm³/mol. The molecule has 1 unspecified atom stereocenters. The third-order valence-electron chi connectivity index (χ3n) is 5.17. The van der Waals surface area contributed by atoms with Gasteiger partial charge in [0.25, 0.3) is 5.69 Å². The second kappa shape index (κ2) is 10.9. The SMILES string of the molecule is CC(=O)Nc1ccn([C@H]2C[C@H](OC(=O)OCC(C)c3ccccc3[N+](=O)[O-])[C@@H](CO)O2)c(=O)n1. The molecule has 2 N–H and O–H groups in total. The summed E-state index contributed by atoms with van der Waals surface area (Å²) in [5, 5.41) is 23.2. The molecule has 1 amide bonds. The Morgan fingerprint density at radius 2 is 2.12 bits per heavy atom. The molecule has 13 nitrogen and oxygen atoms in total. The van der Waals surface area contributed by atoms with Crippen molar-refractivity contribution in [1.82, 2.24) is 9.55 Å². The van der Waals surface area contributed by atoms with Gasteiger partial charge in [-0.3, -0.25) is 19.5 Å². The lowest BCUT2D eigenvalue weighted by molar-refractivity contribution is -0.385. The Morgan fingerprint density at radius 1 is 1.38 bits per heavy atom. The molecule has 0 saturated carbocycles. The molecule has 4 atom stereocenters. The molecule has 0 radical (unpaired) electrons. The lowest BCUT2D eigenvalue weighted by Gasteiger charge is -2.17. The first kappa shape index (κ1) is 24.8. The number of nitrogens with one attached hydrogen (secondary N) is 1. The van der Waals surface area contributed by atoms with Crippen molar-refractivity contribution in [1.29, 1.82) is 0 Å². The van der Waals surface area contributed by atoms with E-state index in [4.69, 9.17) is 14.2 Å². The Bertz CT molecular complexity index is 1120. The second-order valence-electron chi connectivity index (χ2n) is 7.67. The van der Waals surface area contributed by atoms with Crippen molar-refractivity contribution in [3.63, 3.8) is 0 Å². The molecule has 3 rings (SSSR count). The highest BCUT2D eigenvalue weighted by Crippen LogP contribution is 2.31. The summed E-state index contributed by atoms with van der Waals surface area (Å²) in [5.74, 6) is -0.776. The van der Waals surface area contributed by atoms with Gasteiger partial charge in [-0.25, -0.2) is 9.59 Å². The van der Waals surface area contributed by atoms with E-state index in [9.17, 15) is 29.6 Å². The van der Waals surface area contributed by atoms with E-state index in [1.54, 1.807) is 25.1 Å². The Morgan fingerprint density at radius 3 is 2.76 bits per heavy atom. The standard InChI is InChI=1S/C21H24N4O9/c1-12(14-5-3-4-6-15(14)25(30)31)11-32-21(29)34-16-9-19(33-17(16)10-26)24-8-7-18(22-13(2)27)23-20(24)28/h3-8,12,16-17,19,26H,9-11H2,1-2H3,(H,22,23,27,28)/t12?,16-,17+,19+/m0/s1. The number of nitro groups is 1. The molecule has 1 saturated heterocycles. The van der Waals surface area contributed by atoms with Gasteiger partial charge in [0.1, 0.15) is 30.9 Å². The van der Waals surface area contributed by atoms with Crippen molar-refractivity contribution in [2.24, 2.45) is 0 Å². The van der Waals surface area contributed by atoms with Gasteiger partial charge in [-0.1, -0.05) is 25.1 Å². The Kier molecular flexibility index (Phi) is 7.91. The first-order chi connectivity index (χ1) is 16.2. The third kappa shape index (κ3) is 5.94. The average molecular weight is 476 g/mol. The van der Waals surface area contributed by atoms with E-state index < -0.39 is 47.7 Å². The lowest BCUT2D eigenvalue weighted by Crippen LogP contribution is -2.30. The van der Waals surface area contributed by atoms with Crippen LogP contribution in [0.15, 0.2) is 41.3 Å². The molecule has 13 heteroatoms. The van der Waals surface area contributed by atoms with E-state index in [0.717, 1.165) is 4.57 Å². The fourth-order valence-corrected chi connectivity index (χ4v) is 3.55. The van der Waals surface area contributed by atoms with Crippen molar-refractivity contribution in [3.8, 4) is 0 Å². The Hall–Kier alpha value is -3.84. The smallest absolute Gasteiger partial charge is 0.434 e. The van der Waals surface area contributed by atoms with Crippen LogP contribution in [0.25, 0.3) is 0 Å². The quantitative estimate of drug-likeness (QED) is 0.324. The van der Waals surface area contributed by atoms with Crippen molar-refractivity contribution in [3.05, 3.63) is 62.7 Å². The maximum absolute atomic E-state index is 12.3. The number of aromatic nitrogens is 2. The molecular weight excluding hydrogens is 452 g/mol. The minimum absolute atomic E-state index is 0.0428. The van der Waals surface area contributed by atoms with Gasteiger partial charge < -0.3 is 24.6 Å². The van der Waals surface area contributed by atoms with Gasteiger partial charge in [0.15, 0.2) is 0 Å². The summed E-state index contributed by atoms with van der Waals surface area (Å²) in [6.07, 6.45) is -2.31. The van der Waals surface area contributed by atoms with Crippen LogP contribution in [0.3, 0.4) is 0 Å². The van der Waals surface area contributed by atoms with E-state index in [2.05, 4.69) is 10.3 Å². The van der Waals surface area contributed by atoms with Crippen LogP contribution < -0.4 is 11.0 Å². The minimum atomic E-state index is -1.04. The monoisotopic (exact) mass is 476 g/mol. The molecule has 1 aromatic heterocycles. The van der Waals surface area contributed by atoms with Crippen LogP contribution in [0.4, 0.5) is 16.3 Å². The average Bonchev–Trinajstić information content (AvgIpc) is 3.19. The topological polar surface area (TPSA) is 172 Å². The fraction of sp³-hybridized carbons (Fsp3) is 0.429. The minimum Gasteiger partial charge on any atom is -0.434 e. The number of hydrogen-bond donors (Lipinski definition) is 2. The molecule has 2 heterocycles. The first-order valence-electron chi connectivity index (χ1n) is 10.4. The normalized spacial score (nSPS) is 20.4. The highest BCUT2D eigenvalue weighted by molar-refractivity contribution is 5.87. The largest absolute Gasteiger partial charge is 0.508 e. The summed E-state index contributed by atoms with van der Waals surface area (Å²) in [5.41, 5.74) is -0.371. The molecule has 0 bridgehead atoms. The van der Waals surface area contributed by atoms with Gasteiger partial charge in [-0.2, -0.15) is 4.98 Å². The summed E-state index contributed by atoms with van der Waals surface area (Å²) >= 11 is 0. The number of aliphatic hydroxyl groups excluding tert-OH is 1. The van der Waals surface area contributed by atoms with Crippen LogP contribution in [0.1, 0.15) is 38.0 Å². The Balaban J connectivity index is 1.60. The number of carbonyl (C=O) groups excluding carboxylic acids is 2. The zero-order chi connectivity index (χ0) is 24.8. The molecule has 0 aliphatic carbocycles. The highest BCUT2D eigenvalue weighted by atomic mass is 16.7. The van der Waals surface area contributed by atoms with Gasteiger partial charge in [0.05, 0.1) is 11.5 Å². The number of nitro benzene ring substituents is 1. The molecule has 1 aromatic carbocycles. The summed E-state index contributed by atoms with van der Waals surface area (Å²) in [4.78, 5) is 50.1. The van der Waals surface area contributed by atoms with Crippen molar-refractivity contribution < 1.29 is 33.8 Å². The van der Waals surface area contributed by atoms with Crippen LogP contribution in [0.2, 0.25) is 0 Å². The maximum Gasteiger partial charge on any atom is 0.508 e. The van der Waals surface area contributed by atoms with Crippen molar-refractivity contribution in [2.75, 3.05) is 18.5 Å². The highest BCUT2D eigenvalue weighted by Gasteiger charge is 2.39. The number of para-hydroxylation sites is 1.